The van der Waals surface area contributed by atoms with Gasteiger partial charge < -0.3 is 10.1 Å². The molecule has 0 saturated carbocycles. The van der Waals surface area contributed by atoms with Crippen molar-refractivity contribution in [1.82, 2.24) is 5.32 Å². The van der Waals surface area contributed by atoms with Crippen LogP contribution in [0, 0.1) is 5.82 Å². The van der Waals surface area contributed by atoms with Gasteiger partial charge in [0.1, 0.15) is 11.6 Å². The highest BCUT2D eigenvalue weighted by atomic mass is 35.5. The molecular weight excluding hydrogens is 289 g/mol. The third kappa shape index (κ3) is 3.96. The van der Waals surface area contributed by atoms with Crippen molar-refractivity contribution < 1.29 is 9.13 Å². The average molecular weight is 308 g/mol. The number of rotatable bonds is 6. The molecule has 1 N–H and O–H groups in total. The third-order valence-corrected chi connectivity index (χ3v) is 3.56. The van der Waals surface area contributed by atoms with Gasteiger partial charge in [0.25, 0.3) is 0 Å². The Morgan fingerprint density at radius 2 is 1.81 bits per heavy atom. The highest BCUT2D eigenvalue weighted by molar-refractivity contribution is 6.30. The second-order valence-electron chi connectivity index (χ2n) is 4.81. The number of hydrogen-bond acceptors (Lipinski definition) is 2. The van der Waals surface area contributed by atoms with Crippen LogP contribution in [0.5, 0.6) is 5.75 Å². The van der Waals surface area contributed by atoms with E-state index in [0.29, 0.717) is 6.61 Å². The van der Waals surface area contributed by atoms with E-state index in [1.165, 1.54) is 6.07 Å². The van der Waals surface area contributed by atoms with Gasteiger partial charge in [-0.2, -0.15) is 0 Å². The molecule has 0 saturated heterocycles. The molecule has 0 amide bonds. The minimum absolute atomic E-state index is 0.0861. The van der Waals surface area contributed by atoms with Crippen molar-refractivity contribution in [1.29, 1.82) is 0 Å². The van der Waals surface area contributed by atoms with E-state index in [1.807, 2.05) is 37.4 Å². The topological polar surface area (TPSA) is 21.3 Å². The van der Waals surface area contributed by atoms with E-state index in [-0.39, 0.29) is 11.1 Å². The van der Waals surface area contributed by atoms with Gasteiger partial charge in [0.15, 0.2) is 0 Å². The van der Waals surface area contributed by atoms with Gasteiger partial charge in [-0.1, -0.05) is 36.7 Å². The summed E-state index contributed by atoms with van der Waals surface area (Å²) in [6.07, 6.45) is 0.977. The Kier molecular flexibility index (Phi) is 5.59. The molecule has 2 aromatic carbocycles. The van der Waals surface area contributed by atoms with E-state index in [9.17, 15) is 4.39 Å². The largest absolute Gasteiger partial charge is 0.494 e. The molecule has 0 aromatic heterocycles. The average Bonchev–Trinajstić information content (AvgIpc) is 2.50. The molecule has 0 aliphatic rings. The molecular formula is C17H19ClFNO. The van der Waals surface area contributed by atoms with Crippen LogP contribution in [-0.4, -0.2) is 13.7 Å². The van der Waals surface area contributed by atoms with Crippen LogP contribution in [0.15, 0.2) is 42.5 Å². The highest BCUT2D eigenvalue weighted by Gasteiger charge is 2.13. The maximum absolute atomic E-state index is 13.6. The summed E-state index contributed by atoms with van der Waals surface area (Å²) in [4.78, 5) is 0. The van der Waals surface area contributed by atoms with Crippen LogP contribution in [0.4, 0.5) is 4.39 Å². The van der Waals surface area contributed by atoms with Crippen molar-refractivity contribution in [3.05, 3.63) is 64.4 Å². The van der Waals surface area contributed by atoms with E-state index in [1.54, 1.807) is 6.07 Å². The van der Waals surface area contributed by atoms with Crippen molar-refractivity contribution in [2.45, 2.75) is 19.4 Å². The molecule has 0 bridgehead atoms. The Bertz CT molecular complexity index is 586. The van der Waals surface area contributed by atoms with Crippen molar-refractivity contribution in [3.8, 4) is 5.75 Å². The van der Waals surface area contributed by atoms with Crippen LogP contribution in [0.25, 0.3) is 0 Å². The monoisotopic (exact) mass is 307 g/mol. The van der Waals surface area contributed by atoms with Crippen LogP contribution in [0.3, 0.4) is 0 Å². The molecule has 21 heavy (non-hydrogen) atoms. The first-order valence-electron chi connectivity index (χ1n) is 7.00. The van der Waals surface area contributed by atoms with E-state index < -0.39 is 5.82 Å². The lowest BCUT2D eigenvalue weighted by Gasteiger charge is -2.18. The summed E-state index contributed by atoms with van der Waals surface area (Å²) in [7, 11) is 1.85. The van der Waals surface area contributed by atoms with E-state index in [2.05, 4.69) is 12.2 Å². The molecule has 2 nitrogen and oxygen atoms in total. The summed E-state index contributed by atoms with van der Waals surface area (Å²) in [5, 5.41) is 3.33. The standard InChI is InChI=1S/C17H19ClFNO/c1-3-10-21-14-7-4-12(5-8-14)17(20-2)13-6-9-15(18)16(19)11-13/h4-9,11,17,20H,3,10H2,1-2H3. The second-order valence-corrected chi connectivity index (χ2v) is 5.22. The first-order chi connectivity index (χ1) is 10.2. The predicted molar refractivity (Wildman–Crippen MR) is 84.5 cm³/mol. The minimum atomic E-state index is -0.405. The Morgan fingerprint density at radius 1 is 1.14 bits per heavy atom. The van der Waals surface area contributed by atoms with E-state index >= 15 is 0 Å². The van der Waals surface area contributed by atoms with E-state index in [4.69, 9.17) is 16.3 Å². The molecule has 1 atom stereocenters. The smallest absolute Gasteiger partial charge is 0.142 e. The maximum atomic E-state index is 13.6. The molecule has 0 aliphatic heterocycles. The van der Waals surface area contributed by atoms with Crippen LogP contribution in [-0.2, 0) is 0 Å². The van der Waals surface area contributed by atoms with Crippen LogP contribution in [0.2, 0.25) is 5.02 Å². The SMILES string of the molecule is CCCOc1ccc(C(NC)c2ccc(Cl)c(F)c2)cc1. The Morgan fingerprint density at radius 3 is 2.38 bits per heavy atom. The summed E-state index contributed by atoms with van der Waals surface area (Å²) in [6, 6.07) is 12.6. The van der Waals surface area contributed by atoms with Gasteiger partial charge in [-0.3, -0.25) is 0 Å². The van der Waals surface area contributed by atoms with Gasteiger partial charge in [-0.15, -0.1) is 0 Å². The third-order valence-electron chi connectivity index (χ3n) is 3.25. The normalized spacial score (nSPS) is 12.2. The zero-order chi connectivity index (χ0) is 15.2. The predicted octanol–water partition coefficient (Wildman–Crippen LogP) is 4.58. The Hall–Kier alpha value is -1.58. The lowest BCUT2D eigenvalue weighted by atomic mass is 9.99. The number of benzene rings is 2. The summed E-state index contributed by atoms with van der Waals surface area (Å²) in [6.45, 7) is 2.78. The molecule has 0 heterocycles. The summed E-state index contributed by atoms with van der Waals surface area (Å²) < 4.78 is 19.2. The van der Waals surface area contributed by atoms with Crippen molar-refractivity contribution >= 4 is 11.6 Å². The molecule has 112 valence electrons. The van der Waals surface area contributed by atoms with Gasteiger partial charge >= 0.3 is 0 Å². The molecule has 4 heteroatoms. The zero-order valence-electron chi connectivity index (χ0n) is 12.2. The van der Waals surface area contributed by atoms with Gasteiger partial charge in [0.05, 0.1) is 17.7 Å². The van der Waals surface area contributed by atoms with Gasteiger partial charge in [-0.05, 0) is 48.9 Å². The molecule has 0 radical (unpaired) electrons. The molecule has 0 spiro atoms. The fourth-order valence-electron chi connectivity index (χ4n) is 2.19. The first-order valence-corrected chi connectivity index (χ1v) is 7.38. The fraction of sp³-hybridized carbons (Fsp3) is 0.294. The van der Waals surface area contributed by atoms with Crippen molar-refractivity contribution in [3.63, 3.8) is 0 Å². The van der Waals surface area contributed by atoms with Crippen LogP contribution < -0.4 is 10.1 Å². The molecule has 1 unspecified atom stereocenters. The quantitative estimate of drug-likeness (QED) is 0.843. The van der Waals surface area contributed by atoms with Crippen molar-refractivity contribution in [2.75, 3.05) is 13.7 Å². The number of ether oxygens (including phenoxy) is 1. The molecule has 2 aromatic rings. The lowest BCUT2D eigenvalue weighted by molar-refractivity contribution is 0.317. The number of nitrogens with one attached hydrogen (secondary N) is 1. The Labute approximate surface area is 129 Å². The number of halogens is 2. The van der Waals surface area contributed by atoms with Gasteiger partial charge in [-0.25, -0.2) is 4.39 Å². The highest BCUT2D eigenvalue weighted by Crippen LogP contribution is 2.26. The maximum Gasteiger partial charge on any atom is 0.142 e. The second kappa shape index (κ2) is 7.43. The summed E-state index contributed by atoms with van der Waals surface area (Å²) in [5.41, 5.74) is 1.88. The lowest BCUT2D eigenvalue weighted by Crippen LogP contribution is -2.17. The van der Waals surface area contributed by atoms with Gasteiger partial charge in [0, 0.05) is 0 Å². The fourth-order valence-corrected chi connectivity index (χ4v) is 2.31. The molecule has 2 rings (SSSR count). The molecule has 0 aliphatic carbocycles. The van der Waals surface area contributed by atoms with Crippen LogP contribution >= 0.6 is 11.6 Å². The number of hydrogen-bond donors (Lipinski definition) is 1. The Balaban J connectivity index is 2.22. The summed E-state index contributed by atoms with van der Waals surface area (Å²) in [5.74, 6) is 0.440. The van der Waals surface area contributed by atoms with Gasteiger partial charge in [0.2, 0.25) is 0 Å². The van der Waals surface area contributed by atoms with E-state index in [0.717, 1.165) is 23.3 Å². The van der Waals surface area contributed by atoms with Crippen LogP contribution in [0.1, 0.15) is 30.5 Å². The minimum Gasteiger partial charge on any atom is -0.494 e. The first kappa shape index (κ1) is 15.8. The van der Waals surface area contributed by atoms with Crippen molar-refractivity contribution in [2.24, 2.45) is 0 Å². The summed E-state index contributed by atoms with van der Waals surface area (Å²) >= 11 is 5.73. The molecule has 0 fully saturated rings. The zero-order valence-corrected chi connectivity index (χ0v) is 13.0.